The molecule has 0 aromatic heterocycles. The molecule has 0 saturated carbocycles. The zero-order valence-corrected chi connectivity index (χ0v) is 15.4. The van der Waals surface area contributed by atoms with E-state index in [0.29, 0.717) is 29.8 Å². The van der Waals surface area contributed by atoms with Gasteiger partial charge in [-0.25, -0.2) is 4.79 Å². The van der Waals surface area contributed by atoms with Crippen LogP contribution in [-0.2, 0) is 14.3 Å². The molecule has 0 atom stereocenters. The van der Waals surface area contributed by atoms with Crippen molar-refractivity contribution in [1.29, 1.82) is 0 Å². The van der Waals surface area contributed by atoms with Gasteiger partial charge in [-0.3, -0.25) is 14.4 Å². The number of Topliss-reactive ketones (excluding diaryl/α,β-unsaturated/α-hetero) is 1. The maximum Gasteiger partial charge on any atom is 0.338 e. The topological polar surface area (TPSA) is 92.8 Å². The third kappa shape index (κ3) is 4.62. The molecule has 0 radical (unpaired) electrons. The van der Waals surface area contributed by atoms with Gasteiger partial charge in [0, 0.05) is 29.9 Å². The highest BCUT2D eigenvalue weighted by molar-refractivity contribution is 5.98. The average molecular weight is 380 g/mol. The predicted octanol–water partition coefficient (Wildman–Crippen LogP) is 2.81. The van der Waals surface area contributed by atoms with Crippen molar-refractivity contribution in [2.24, 2.45) is 0 Å². The molecule has 2 aromatic carbocycles. The molecule has 2 amide bonds. The molecule has 1 N–H and O–H groups in total. The molecule has 144 valence electrons. The van der Waals surface area contributed by atoms with E-state index in [0.717, 1.165) is 12.1 Å². The van der Waals surface area contributed by atoms with Crippen molar-refractivity contribution >= 4 is 34.9 Å². The average Bonchev–Trinajstić information content (AvgIpc) is 3.12. The Hall–Kier alpha value is -3.48. The fourth-order valence-electron chi connectivity index (χ4n) is 2.90. The summed E-state index contributed by atoms with van der Waals surface area (Å²) >= 11 is 0. The van der Waals surface area contributed by atoms with E-state index in [1.807, 2.05) is 0 Å². The van der Waals surface area contributed by atoms with Crippen LogP contribution < -0.4 is 10.2 Å². The van der Waals surface area contributed by atoms with Gasteiger partial charge < -0.3 is 15.0 Å². The third-order valence-corrected chi connectivity index (χ3v) is 4.40. The fourth-order valence-corrected chi connectivity index (χ4v) is 2.90. The molecule has 7 nitrogen and oxygen atoms in total. The standard InChI is InChI=1S/C21H20N2O5/c1-14(24)15-4-8-17(9-5-15)22-19(25)13-28-21(27)16-6-10-18(11-7-16)23-12-2-3-20(23)26/h4-11H,2-3,12-13H2,1H3,(H,22,25). The second-order valence-corrected chi connectivity index (χ2v) is 6.45. The van der Waals surface area contributed by atoms with Crippen LogP contribution in [0.5, 0.6) is 0 Å². The van der Waals surface area contributed by atoms with Gasteiger partial charge in [-0.2, -0.15) is 0 Å². The minimum Gasteiger partial charge on any atom is -0.452 e. The zero-order chi connectivity index (χ0) is 20.1. The maximum atomic E-state index is 12.1. The predicted molar refractivity (Wildman–Crippen MR) is 103 cm³/mol. The van der Waals surface area contributed by atoms with Crippen LogP contribution in [0.2, 0.25) is 0 Å². The van der Waals surface area contributed by atoms with Crippen LogP contribution in [0.25, 0.3) is 0 Å². The number of nitrogens with one attached hydrogen (secondary N) is 1. The lowest BCUT2D eigenvalue weighted by atomic mass is 10.1. The number of esters is 1. The minimum absolute atomic E-state index is 0.0630. The zero-order valence-electron chi connectivity index (χ0n) is 15.4. The van der Waals surface area contributed by atoms with Gasteiger partial charge in [-0.1, -0.05) is 0 Å². The minimum atomic E-state index is -0.624. The lowest BCUT2D eigenvalue weighted by molar-refractivity contribution is -0.119. The van der Waals surface area contributed by atoms with Crippen molar-refractivity contribution in [2.45, 2.75) is 19.8 Å². The molecule has 0 unspecified atom stereocenters. The van der Waals surface area contributed by atoms with E-state index in [9.17, 15) is 19.2 Å². The van der Waals surface area contributed by atoms with E-state index in [2.05, 4.69) is 5.32 Å². The number of benzene rings is 2. The van der Waals surface area contributed by atoms with Gasteiger partial charge in [0.1, 0.15) is 0 Å². The van der Waals surface area contributed by atoms with E-state index in [1.54, 1.807) is 53.4 Å². The van der Waals surface area contributed by atoms with Crippen LogP contribution in [0.15, 0.2) is 48.5 Å². The molecule has 0 spiro atoms. The van der Waals surface area contributed by atoms with E-state index in [-0.39, 0.29) is 11.7 Å². The Labute approximate surface area is 162 Å². The highest BCUT2D eigenvalue weighted by Crippen LogP contribution is 2.21. The second kappa shape index (κ2) is 8.47. The number of rotatable bonds is 6. The molecule has 1 aliphatic heterocycles. The van der Waals surface area contributed by atoms with Gasteiger partial charge in [0.15, 0.2) is 12.4 Å². The van der Waals surface area contributed by atoms with Crippen molar-refractivity contribution < 1.29 is 23.9 Å². The Balaban J connectivity index is 1.51. The van der Waals surface area contributed by atoms with Gasteiger partial charge in [0.05, 0.1) is 5.56 Å². The van der Waals surface area contributed by atoms with Gasteiger partial charge in [-0.05, 0) is 61.9 Å². The molecular formula is C21H20N2O5. The molecule has 28 heavy (non-hydrogen) atoms. The molecule has 1 aliphatic rings. The molecule has 1 saturated heterocycles. The van der Waals surface area contributed by atoms with E-state index < -0.39 is 18.5 Å². The van der Waals surface area contributed by atoms with E-state index >= 15 is 0 Å². The number of ketones is 1. The Morgan fingerprint density at radius 1 is 1.00 bits per heavy atom. The third-order valence-electron chi connectivity index (χ3n) is 4.40. The first-order chi connectivity index (χ1) is 13.4. The molecule has 2 aromatic rings. The van der Waals surface area contributed by atoms with Crippen LogP contribution in [0.4, 0.5) is 11.4 Å². The number of carbonyl (C=O) groups excluding carboxylic acids is 4. The summed E-state index contributed by atoms with van der Waals surface area (Å²) in [5.74, 6) is -1.10. The van der Waals surface area contributed by atoms with Crippen LogP contribution in [-0.4, -0.2) is 36.7 Å². The Morgan fingerprint density at radius 3 is 2.21 bits per heavy atom. The molecule has 3 rings (SSSR count). The lowest BCUT2D eigenvalue weighted by Crippen LogP contribution is -2.23. The quantitative estimate of drug-likeness (QED) is 0.614. The van der Waals surface area contributed by atoms with Crippen molar-refractivity contribution in [1.82, 2.24) is 0 Å². The van der Waals surface area contributed by atoms with Crippen LogP contribution in [0, 0.1) is 0 Å². The smallest absolute Gasteiger partial charge is 0.338 e. The van der Waals surface area contributed by atoms with Gasteiger partial charge >= 0.3 is 5.97 Å². The number of hydrogen-bond acceptors (Lipinski definition) is 5. The molecule has 7 heteroatoms. The SMILES string of the molecule is CC(=O)c1ccc(NC(=O)COC(=O)c2ccc(N3CCCC3=O)cc2)cc1. The van der Waals surface area contributed by atoms with E-state index in [1.165, 1.54) is 6.92 Å². The highest BCUT2D eigenvalue weighted by Gasteiger charge is 2.21. The Bertz CT molecular complexity index is 903. The van der Waals surface area contributed by atoms with Crippen LogP contribution in [0.1, 0.15) is 40.5 Å². The maximum absolute atomic E-state index is 12.1. The van der Waals surface area contributed by atoms with Gasteiger partial charge in [-0.15, -0.1) is 0 Å². The number of ether oxygens (including phenoxy) is 1. The largest absolute Gasteiger partial charge is 0.452 e. The number of hydrogen-bond donors (Lipinski definition) is 1. The summed E-state index contributed by atoms with van der Waals surface area (Å²) in [4.78, 5) is 48.7. The summed E-state index contributed by atoms with van der Waals surface area (Å²) in [6.45, 7) is 1.71. The van der Waals surface area contributed by atoms with Crippen LogP contribution in [0.3, 0.4) is 0 Å². The number of anilines is 2. The monoisotopic (exact) mass is 380 g/mol. The first-order valence-corrected chi connectivity index (χ1v) is 8.92. The summed E-state index contributed by atoms with van der Waals surface area (Å²) in [6, 6.07) is 13.0. The van der Waals surface area contributed by atoms with Gasteiger partial charge in [0.2, 0.25) is 5.91 Å². The summed E-state index contributed by atoms with van der Waals surface area (Å²) in [6.07, 6.45) is 1.37. The molecule has 0 bridgehead atoms. The van der Waals surface area contributed by atoms with Crippen molar-refractivity contribution in [3.8, 4) is 0 Å². The van der Waals surface area contributed by atoms with Crippen molar-refractivity contribution in [3.63, 3.8) is 0 Å². The van der Waals surface area contributed by atoms with E-state index in [4.69, 9.17) is 4.74 Å². The molecule has 1 heterocycles. The van der Waals surface area contributed by atoms with Crippen molar-refractivity contribution in [3.05, 3.63) is 59.7 Å². The lowest BCUT2D eigenvalue weighted by Gasteiger charge is -2.15. The van der Waals surface area contributed by atoms with Gasteiger partial charge in [0.25, 0.3) is 5.91 Å². The number of carbonyl (C=O) groups is 4. The molecule has 1 fully saturated rings. The summed E-state index contributed by atoms with van der Waals surface area (Å²) < 4.78 is 5.02. The van der Waals surface area contributed by atoms with Crippen LogP contribution >= 0.6 is 0 Å². The number of nitrogens with zero attached hydrogens (tertiary/aromatic N) is 1. The molecular weight excluding hydrogens is 360 g/mol. The van der Waals surface area contributed by atoms with Crippen molar-refractivity contribution in [2.75, 3.05) is 23.4 Å². The fraction of sp³-hybridized carbons (Fsp3) is 0.238. The summed E-state index contributed by atoms with van der Waals surface area (Å²) in [5, 5.41) is 2.59. The summed E-state index contributed by atoms with van der Waals surface area (Å²) in [7, 11) is 0. The normalized spacial score (nSPS) is 13.3. The number of amides is 2. The Morgan fingerprint density at radius 2 is 1.64 bits per heavy atom. The first kappa shape index (κ1) is 19.3. The first-order valence-electron chi connectivity index (χ1n) is 8.92. The Kier molecular flexibility index (Phi) is 5.84. The second-order valence-electron chi connectivity index (χ2n) is 6.45. The highest BCUT2D eigenvalue weighted by atomic mass is 16.5. The summed E-state index contributed by atoms with van der Waals surface area (Å²) in [5.41, 5.74) is 2.09. The molecule has 0 aliphatic carbocycles.